The minimum Gasteiger partial charge on any atom is -0.478 e. The second-order valence-corrected chi connectivity index (χ2v) is 7.85. The molecule has 1 aromatic heterocycles. The Morgan fingerprint density at radius 3 is 2.48 bits per heavy atom. The number of aromatic nitrogens is 1. The molecule has 1 aromatic carbocycles. The number of hydrogen-bond donors (Lipinski definition) is 2. The molecule has 21 heavy (non-hydrogen) atoms. The summed E-state index contributed by atoms with van der Waals surface area (Å²) in [5, 5.41) is 9.53. The van der Waals surface area contributed by atoms with Crippen molar-refractivity contribution < 1.29 is 18.3 Å². The molecule has 0 aliphatic carbocycles. The molecule has 2 aromatic rings. The first kappa shape index (κ1) is 16.0. The lowest BCUT2D eigenvalue weighted by atomic mass is 10.2. The third-order valence-electron chi connectivity index (χ3n) is 2.42. The van der Waals surface area contributed by atoms with Crippen molar-refractivity contribution in [1.82, 2.24) is 4.98 Å². The number of carboxylic acids is 1. The molecule has 10 heteroatoms. The predicted octanol–water partition coefficient (Wildman–Crippen LogP) is 3.26. The van der Waals surface area contributed by atoms with E-state index >= 15 is 0 Å². The van der Waals surface area contributed by atoms with E-state index in [0.717, 1.165) is 11.3 Å². The van der Waals surface area contributed by atoms with E-state index in [1.165, 1.54) is 18.3 Å². The van der Waals surface area contributed by atoms with Gasteiger partial charge in [0, 0.05) is 0 Å². The lowest BCUT2D eigenvalue weighted by Gasteiger charge is -2.12. The molecule has 0 spiro atoms. The Morgan fingerprint density at radius 2 is 1.95 bits per heavy atom. The summed E-state index contributed by atoms with van der Waals surface area (Å²) >= 11 is 12.6. The molecule has 0 unspecified atom stereocenters. The highest BCUT2D eigenvalue weighted by Crippen LogP contribution is 2.34. The van der Waals surface area contributed by atoms with Gasteiger partial charge >= 0.3 is 5.97 Å². The van der Waals surface area contributed by atoms with Gasteiger partial charge in [-0.05, 0) is 19.1 Å². The van der Waals surface area contributed by atoms with Crippen LogP contribution < -0.4 is 4.72 Å². The predicted molar refractivity (Wildman–Crippen MR) is 81.1 cm³/mol. The van der Waals surface area contributed by atoms with E-state index in [4.69, 9.17) is 28.3 Å². The molecule has 0 atom stereocenters. The van der Waals surface area contributed by atoms with E-state index in [9.17, 15) is 13.2 Å². The van der Waals surface area contributed by atoms with Crippen LogP contribution in [0.25, 0.3) is 0 Å². The first-order chi connectivity index (χ1) is 9.72. The Morgan fingerprint density at radius 1 is 1.33 bits per heavy atom. The van der Waals surface area contributed by atoms with Crippen molar-refractivity contribution in [2.75, 3.05) is 4.72 Å². The van der Waals surface area contributed by atoms with Crippen LogP contribution in [0, 0.1) is 6.92 Å². The van der Waals surface area contributed by atoms with E-state index in [0.29, 0.717) is 5.01 Å². The Hall–Kier alpha value is -1.35. The summed E-state index contributed by atoms with van der Waals surface area (Å²) in [6.07, 6.45) is 1.18. The molecule has 0 saturated carbocycles. The Labute approximate surface area is 134 Å². The van der Waals surface area contributed by atoms with Crippen LogP contribution in [0.3, 0.4) is 0 Å². The number of aromatic carboxylic acids is 1. The van der Waals surface area contributed by atoms with Crippen molar-refractivity contribution in [3.63, 3.8) is 0 Å². The summed E-state index contributed by atoms with van der Waals surface area (Å²) in [6.45, 7) is 1.65. The van der Waals surface area contributed by atoms with Crippen molar-refractivity contribution in [2.24, 2.45) is 0 Å². The number of benzene rings is 1. The molecular formula is C11H8Cl2N2O4S2. The van der Waals surface area contributed by atoms with Gasteiger partial charge in [0.2, 0.25) is 0 Å². The minimum atomic E-state index is -3.99. The van der Waals surface area contributed by atoms with Crippen molar-refractivity contribution in [3.05, 3.63) is 38.9 Å². The monoisotopic (exact) mass is 366 g/mol. The summed E-state index contributed by atoms with van der Waals surface area (Å²) < 4.78 is 26.5. The number of nitrogens with one attached hydrogen (secondary N) is 1. The number of sulfonamides is 1. The lowest BCUT2D eigenvalue weighted by Crippen LogP contribution is -2.15. The zero-order chi connectivity index (χ0) is 15.8. The SMILES string of the molecule is Cc1ncc(S(=O)(=O)Nc2c(Cl)ccc(Cl)c2C(=O)O)s1. The second kappa shape index (κ2) is 5.80. The van der Waals surface area contributed by atoms with E-state index in [2.05, 4.69) is 9.71 Å². The summed E-state index contributed by atoms with van der Waals surface area (Å²) in [7, 11) is -3.99. The molecule has 6 nitrogen and oxygen atoms in total. The number of carbonyl (C=O) groups is 1. The molecule has 112 valence electrons. The fourth-order valence-corrected chi connectivity index (χ4v) is 4.21. The smallest absolute Gasteiger partial charge is 0.339 e. The van der Waals surface area contributed by atoms with Crippen molar-refractivity contribution in [3.8, 4) is 0 Å². The first-order valence-corrected chi connectivity index (χ1v) is 8.44. The average molecular weight is 367 g/mol. The normalized spacial score (nSPS) is 11.4. The Kier molecular flexibility index (Phi) is 4.43. The maximum atomic E-state index is 12.2. The van der Waals surface area contributed by atoms with E-state index < -0.39 is 21.6 Å². The van der Waals surface area contributed by atoms with Crippen LogP contribution in [-0.2, 0) is 10.0 Å². The maximum absolute atomic E-state index is 12.2. The second-order valence-electron chi connectivity index (χ2n) is 3.89. The lowest BCUT2D eigenvalue weighted by molar-refractivity contribution is 0.0698. The Balaban J connectivity index is 2.54. The molecule has 0 radical (unpaired) electrons. The van der Waals surface area contributed by atoms with Gasteiger partial charge in [-0.25, -0.2) is 18.2 Å². The number of nitrogens with zero attached hydrogens (tertiary/aromatic N) is 1. The number of aryl methyl sites for hydroxylation is 1. The van der Waals surface area contributed by atoms with Gasteiger partial charge in [-0.3, -0.25) is 4.72 Å². The third kappa shape index (κ3) is 3.29. The largest absolute Gasteiger partial charge is 0.478 e. The molecular weight excluding hydrogens is 359 g/mol. The molecule has 1 heterocycles. The molecule has 0 saturated heterocycles. The van der Waals surface area contributed by atoms with Gasteiger partial charge in [0.05, 0.1) is 26.9 Å². The standard InChI is InChI=1S/C11H8Cl2N2O4S2/c1-5-14-4-8(20-5)21(18,19)15-10-7(13)3-2-6(12)9(10)11(16)17/h2-4,15H,1H3,(H,16,17). The average Bonchev–Trinajstić information content (AvgIpc) is 2.81. The first-order valence-electron chi connectivity index (χ1n) is 5.39. The quantitative estimate of drug-likeness (QED) is 0.865. The topological polar surface area (TPSA) is 96.4 Å². The number of hydrogen-bond acceptors (Lipinski definition) is 5. The molecule has 0 aliphatic rings. The molecule has 0 bridgehead atoms. The van der Waals surface area contributed by atoms with Gasteiger partial charge in [0.15, 0.2) is 4.21 Å². The Bertz CT molecular complexity index is 818. The number of halogens is 2. The van der Waals surface area contributed by atoms with Gasteiger partial charge in [0.25, 0.3) is 10.0 Å². The number of rotatable bonds is 4. The van der Waals surface area contributed by atoms with Crippen LogP contribution >= 0.6 is 34.5 Å². The van der Waals surface area contributed by atoms with Gasteiger partial charge in [-0.15, -0.1) is 11.3 Å². The van der Waals surface area contributed by atoms with Crippen molar-refractivity contribution in [2.45, 2.75) is 11.1 Å². The summed E-state index contributed by atoms with van der Waals surface area (Å²) in [4.78, 5) is 15.1. The van der Waals surface area contributed by atoms with Gasteiger partial charge in [-0.2, -0.15) is 0 Å². The van der Waals surface area contributed by atoms with Crippen LogP contribution in [0.15, 0.2) is 22.5 Å². The van der Waals surface area contributed by atoms with Gasteiger partial charge in [0.1, 0.15) is 5.56 Å². The fraction of sp³-hybridized carbons (Fsp3) is 0.0909. The van der Waals surface area contributed by atoms with Crippen LogP contribution in [0.4, 0.5) is 5.69 Å². The zero-order valence-corrected chi connectivity index (χ0v) is 13.6. The molecule has 2 N–H and O–H groups in total. The van der Waals surface area contributed by atoms with Gasteiger partial charge < -0.3 is 5.11 Å². The fourth-order valence-electron chi connectivity index (χ4n) is 1.51. The summed E-state index contributed by atoms with van der Waals surface area (Å²) in [6, 6.07) is 2.59. The number of carboxylic acid groups (broad SMARTS) is 1. The number of thiazole rings is 1. The highest BCUT2D eigenvalue weighted by atomic mass is 35.5. The molecule has 0 fully saturated rings. The van der Waals surface area contributed by atoms with Gasteiger partial charge in [-0.1, -0.05) is 23.2 Å². The van der Waals surface area contributed by atoms with E-state index in [1.807, 2.05) is 0 Å². The minimum absolute atomic E-state index is 0.0487. The van der Waals surface area contributed by atoms with Crippen LogP contribution in [-0.4, -0.2) is 24.5 Å². The summed E-state index contributed by atoms with van der Waals surface area (Å²) in [5.74, 6) is -1.39. The van der Waals surface area contributed by atoms with Crippen molar-refractivity contribution in [1.29, 1.82) is 0 Å². The highest BCUT2D eigenvalue weighted by molar-refractivity contribution is 7.94. The van der Waals surface area contributed by atoms with E-state index in [1.54, 1.807) is 6.92 Å². The van der Waals surface area contributed by atoms with Crippen LogP contribution in [0.5, 0.6) is 0 Å². The summed E-state index contributed by atoms with van der Waals surface area (Å²) in [5.41, 5.74) is -0.684. The molecule has 0 aliphatic heterocycles. The zero-order valence-electron chi connectivity index (χ0n) is 10.4. The molecule has 0 amide bonds. The maximum Gasteiger partial charge on any atom is 0.339 e. The third-order valence-corrected chi connectivity index (χ3v) is 5.77. The van der Waals surface area contributed by atoms with E-state index in [-0.39, 0.29) is 19.9 Å². The number of anilines is 1. The molecule has 2 rings (SSSR count). The van der Waals surface area contributed by atoms with Crippen molar-refractivity contribution >= 4 is 56.2 Å². The highest BCUT2D eigenvalue weighted by Gasteiger charge is 2.24. The van der Waals surface area contributed by atoms with Crippen LogP contribution in [0.1, 0.15) is 15.4 Å². The van der Waals surface area contributed by atoms with Crippen LogP contribution in [0.2, 0.25) is 10.0 Å².